The number of hydrogen-bond donors (Lipinski definition) is 3. The number of rotatable bonds is 3. The van der Waals surface area contributed by atoms with Gasteiger partial charge in [-0.05, 0) is 27.5 Å². The van der Waals surface area contributed by atoms with E-state index in [2.05, 4.69) is 47.6 Å². The van der Waals surface area contributed by atoms with Gasteiger partial charge in [-0.15, -0.1) is 0 Å². The molecule has 4 heteroatoms. The van der Waals surface area contributed by atoms with E-state index >= 15 is 0 Å². The quantitative estimate of drug-likeness (QED) is 0.801. The highest BCUT2D eigenvalue weighted by molar-refractivity contribution is 5.73. The molecule has 0 saturated heterocycles. The van der Waals surface area contributed by atoms with Crippen LogP contribution in [-0.2, 0) is 15.6 Å². The van der Waals surface area contributed by atoms with Crippen molar-refractivity contribution in [3.8, 4) is 0 Å². The minimum absolute atomic E-state index is 0.135. The van der Waals surface area contributed by atoms with Gasteiger partial charge in [0.25, 0.3) is 0 Å². The smallest absolute Gasteiger partial charge is 0.335 e. The summed E-state index contributed by atoms with van der Waals surface area (Å²) in [5.74, 6) is -1.43. The molecule has 0 bridgehead atoms. The number of carboxylic acid groups (broad SMARTS) is 1. The third-order valence-corrected chi connectivity index (χ3v) is 3.58. The number of benzene rings is 1. The van der Waals surface area contributed by atoms with E-state index in [0.717, 1.165) is 11.1 Å². The number of carbonyl (C=O) groups is 1. The summed E-state index contributed by atoms with van der Waals surface area (Å²) in [5.41, 5.74) is 2.17. The summed E-state index contributed by atoms with van der Waals surface area (Å²) in [6.45, 7) is 12.3. The van der Waals surface area contributed by atoms with Gasteiger partial charge in [0.1, 0.15) is 6.10 Å². The summed E-state index contributed by atoms with van der Waals surface area (Å²) >= 11 is 0. The summed E-state index contributed by atoms with van der Waals surface area (Å²) in [7, 11) is 0. The minimum Gasteiger partial charge on any atom is -0.479 e. The van der Waals surface area contributed by atoms with E-state index < -0.39 is 18.2 Å². The van der Waals surface area contributed by atoms with Crippen molar-refractivity contribution in [2.45, 2.75) is 64.6 Å². The van der Waals surface area contributed by atoms with Gasteiger partial charge in [0.2, 0.25) is 0 Å². The fourth-order valence-electron chi connectivity index (χ4n) is 2.01. The van der Waals surface area contributed by atoms with Crippen molar-refractivity contribution in [3.05, 3.63) is 34.9 Å². The number of aliphatic hydroxyl groups excluding tert-OH is 2. The van der Waals surface area contributed by atoms with E-state index in [4.69, 9.17) is 5.11 Å². The van der Waals surface area contributed by atoms with Crippen LogP contribution >= 0.6 is 0 Å². The Labute approximate surface area is 126 Å². The first-order chi connectivity index (χ1) is 9.34. The van der Waals surface area contributed by atoms with Gasteiger partial charge in [0.05, 0.1) is 0 Å². The van der Waals surface area contributed by atoms with Gasteiger partial charge in [-0.1, -0.05) is 59.7 Å². The molecule has 0 spiro atoms. The molecule has 4 nitrogen and oxygen atoms in total. The van der Waals surface area contributed by atoms with Crippen LogP contribution in [0.3, 0.4) is 0 Å². The molecule has 0 saturated carbocycles. The van der Waals surface area contributed by atoms with E-state index in [0.29, 0.717) is 5.56 Å². The monoisotopic (exact) mass is 294 g/mol. The van der Waals surface area contributed by atoms with Gasteiger partial charge in [0, 0.05) is 0 Å². The van der Waals surface area contributed by atoms with Crippen molar-refractivity contribution in [3.63, 3.8) is 0 Å². The first-order valence-electron chi connectivity index (χ1n) is 7.09. The van der Waals surface area contributed by atoms with Crippen molar-refractivity contribution < 1.29 is 20.1 Å². The second-order valence-electron chi connectivity index (χ2n) is 7.57. The molecule has 0 heterocycles. The maximum atomic E-state index is 10.9. The van der Waals surface area contributed by atoms with E-state index in [9.17, 15) is 15.0 Å². The number of hydrogen-bond acceptors (Lipinski definition) is 3. The predicted octanol–water partition coefficient (Wildman–Crippen LogP) is 2.76. The van der Waals surface area contributed by atoms with Crippen molar-refractivity contribution >= 4 is 5.97 Å². The average molecular weight is 294 g/mol. The highest BCUT2D eigenvalue weighted by Gasteiger charge is 2.28. The van der Waals surface area contributed by atoms with Crippen LogP contribution < -0.4 is 0 Å². The van der Waals surface area contributed by atoms with Crippen LogP contribution in [0.5, 0.6) is 0 Å². The third-order valence-electron chi connectivity index (χ3n) is 3.58. The van der Waals surface area contributed by atoms with Gasteiger partial charge in [0.15, 0.2) is 6.10 Å². The molecule has 0 aliphatic heterocycles. The standard InChI is InChI=1S/C17H26O4/c1-16(2,3)11-7-10(13(18)14(19)15(20)21)8-12(9-11)17(4,5)6/h7-9,13-14,18-19H,1-6H3,(H,20,21). The van der Waals surface area contributed by atoms with Crippen LogP contribution in [0.15, 0.2) is 18.2 Å². The van der Waals surface area contributed by atoms with E-state index in [1.165, 1.54) is 0 Å². The lowest BCUT2D eigenvalue weighted by molar-refractivity contribution is -0.153. The third kappa shape index (κ3) is 4.29. The Balaban J connectivity index is 3.42. The van der Waals surface area contributed by atoms with Gasteiger partial charge < -0.3 is 15.3 Å². The molecule has 0 amide bonds. The molecule has 2 unspecified atom stereocenters. The van der Waals surface area contributed by atoms with Gasteiger partial charge in [-0.25, -0.2) is 4.79 Å². The summed E-state index contributed by atoms with van der Waals surface area (Å²) in [6, 6.07) is 5.61. The second-order valence-corrected chi connectivity index (χ2v) is 7.57. The maximum Gasteiger partial charge on any atom is 0.335 e. The van der Waals surface area contributed by atoms with E-state index in [-0.39, 0.29) is 10.8 Å². The molecule has 0 fully saturated rings. The molecule has 3 N–H and O–H groups in total. The Morgan fingerprint density at radius 3 is 1.57 bits per heavy atom. The molecule has 1 aromatic rings. The van der Waals surface area contributed by atoms with E-state index in [1.54, 1.807) is 12.1 Å². The van der Waals surface area contributed by atoms with Crippen LogP contribution in [-0.4, -0.2) is 27.4 Å². The molecule has 0 radical (unpaired) electrons. The zero-order valence-corrected chi connectivity index (χ0v) is 13.6. The zero-order valence-electron chi connectivity index (χ0n) is 13.6. The second kappa shape index (κ2) is 5.78. The molecule has 21 heavy (non-hydrogen) atoms. The van der Waals surface area contributed by atoms with Crippen LogP contribution in [0.25, 0.3) is 0 Å². The minimum atomic E-state index is -1.83. The molecular weight excluding hydrogens is 268 g/mol. The molecule has 1 rings (SSSR count). The highest BCUT2D eigenvalue weighted by Crippen LogP contribution is 2.32. The molecule has 0 aromatic heterocycles. The number of carboxylic acids is 1. The molecular formula is C17H26O4. The van der Waals surface area contributed by atoms with Crippen molar-refractivity contribution in [2.75, 3.05) is 0 Å². The summed E-state index contributed by atoms with van der Waals surface area (Å²) in [5, 5.41) is 28.6. The first kappa shape index (κ1) is 17.7. The zero-order chi connectivity index (χ0) is 16.6. The fourth-order valence-corrected chi connectivity index (χ4v) is 2.01. The molecule has 118 valence electrons. The Hall–Kier alpha value is -1.39. The van der Waals surface area contributed by atoms with Crippen LogP contribution in [0.2, 0.25) is 0 Å². The van der Waals surface area contributed by atoms with Gasteiger partial charge in [-0.2, -0.15) is 0 Å². The maximum absolute atomic E-state index is 10.9. The van der Waals surface area contributed by atoms with Gasteiger partial charge in [-0.3, -0.25) is 0 Å². The lowest BCUT2D eigenvalue weighted by atomic mass is 9.79. The molecule has 2 atom stereocenters. The normalized spacial score (nSPS) is 15.6. The Morgan fingerprint density at radius 1 is 0.905 bits per heavy atom. The largest absolute Gasteiger partial charge is 0.479 e. The molecule has 0 aliphatic carbocycles. The van der Waals surface area contributed by atoms with E-state index in [1.807, 2.05) is 0 Å². The summed E-state index contributed by atoms with van der Waals surface area (Å²) in [4.78, 5) is 10.9. The van der Waals surface area contributed by atoms with Crippen LogP contribution in [0, 0.1) is 0 Å². The first-order valence-corrected chi connectivity index (χ1v) is 7.09. The predicted molar refractivity (Wildman–Crippen MR) is 82.4 cm³/mol. The van der Waals surface area contributed by atoms with Crippen molar-refractivity contribution in [2.24, 2.45) is 0 Å². The van der Waals surface area contributed by atoms with Crippen molar-refractivity contribution in [1.82, 2.24) is 0 Å². The Bertz CT molecular complexity index is 488. The molecule has 1 aromatic carbocycles. The fraction of sp³-hybridized carbons (Fsp3) is 0.588. The van der Waals surface area contributed by atoms with Crippen molar-refractivity contribution in [1.29, 1.82) is 0 Å². The summed E-state index contributed by atoms with van der Waals surface area (Å²) < 4.78 is 0. The average Bonchev–Trinajstić information content (AvgIpc) is 2.34. The summed E-state index contributed by atoms with van der Waals surface area (Å²) in [6.07, 6.45) is -3.26. The van der Waals surface area contributed by atoms with Gasteiger partial charge >= 0.3 is 5.97 Å². The lowest BCUT2D eigenvalue weighted by Crippen LogP contribution is -2.28. The number of aliphatic carboxylic acids is 1. The lowest BCUT2D eigenvalue weighted by Gasteiger charge is -2.27. The SMILES string of the molecule is CC(C)(C)c1cc(C(O)C(O)C(=O)O)cc(C(C)(C)C)c1. The Morgan fingerprint density at radius 2 is 1.29 bits per heavy atom. The number of aliphatic hydroxyl groups is 2. The topological polar surface area (TPSA) is 77.8 Å². The van der Waals surface area contributed by atoms with Crippen LogP contribution in [0.4, 0.5) is 0 Å². The van der Waals surface area contributed by atoms with Crippen LogP contribution in [0.1, 0.15) is 64.3 Å². The highest BCUT2D eigenvalue weighted by atomic mass is 16.4. The molecule has 0 aliphatic rings. The Kier molecular flexibility index (Phi) is 4.86.